The van der Waals surface area contributed by atoms with E-state index >= 15 is 0 Å². The Morgan fingerprint density at radius 1 is 1.18 bits per heavy atom. The van der Waals surface area contributed by atoms with Crippen LogP contribution < -0.4 is 10.4 Å². The molecule has 0 spiro atoms. The first-order valence-electron chi connectivity index (χ1n) is 5.37. The van der Waals surface area contributed by atoms with Gasteiger partial charge in [0.2, 0.25) is 5.88 Å². The molecule has 0 bridgehead atoms. The second-order valence-electron chi connectivity index (χ2n) is 4.07. The van der Waals surface area contributed by atoms with Gasteiger partial charge in [-0.1, -0.05) is 17.7 Å². The molecule has 0 saturated heterocycles. The normalized spacial score (nSPS) is 10.3. The molecule has 0 aliphatic carbocycles. The zero-order valence-corrected chi connectivity index (χ0v) is 10.1. The average molecular weight is 230 g/mol. The van der Waals surface area contributed by atoms with E-state index < -0.39 is 5.69 Å². The van der Waals surface area contributed by atoms with Gasteiger partial charge in [0.25, 0.3) is 0 Å². The number of aromatic nitrogens is 2. The molecule has 4 heteroatoms. The summed E-state index contributed by atoms with van der Waals surface area (Å²) in [4.78, 5) is 17.1. The standard InChI is InChI=1S/C13H14N2O2/c1-8-6-9(2)12(10(3)7-8)17-11-4-5-14-13(16)15-11/h4-7H,1-3H3,(H,14,15,16). The van der Waals surface area contributed by atoms with Crippen LogP contribution >= 0.6 is 0 Å². The van der Waals surface area contributed by atoms with Crippen LogP contribution in [0.2, 0.25) is 0 Å². The second kappa shape index (κ2) is 4.41. The number of hydrogen-bond acceptors (Lipinski definition) is 3. The van der Waals surface area contributed by atoms with Crippen LogP contribution in [0, 0.1) is 20.8 Å². The Morgan fingerprint density at radius 3 is 2.41 bits per heavy atom. The lowest BCUT2D eigenvalue weighted by Crippen LogP contribution is -2.09. The first kappa shape index (κ1) is 11.4. The average Bonchev–Trinajstić information content (AvgIpc) is 2.23. The van der Waals surface area contributed by atoms with E-state index in [0.717, 1.165) is 16.9 Å². The summed E-state index contributed by atoms with van der Waals surface area (Å²) in [6, 6.07) is 5.71. The first-order valence-corrected chi connectivity index (χ1v) is 5.37. The van der Waals surface area contributed by atoms with Gasteiger partial charge in [-0.3, -0.25) is 4.98 Å². The van der Waals surface area contributed by atoms with Crippen molar-refractivity contribution in [2.75, 3.05) is 0 Å². The summed E-state index contributed by atoms with van der Waals surface area (Å²) in [6.45, 7) is 6.00. The van der Waals surface area contributed by atoms with Gasteiger partial charge in [-0.05, 0) is 31.9 Å². The molecule has 1 aromatic carbocycles. The molecular formula is C13H14N2O2. The summed E-state index contributed by atoms with van der Waals surface area (Å²) in [5.74, 6) is 1.18. The maximum Gasteiger partial charge on any atom is 0.347 e. The predicted octanol–water partition coefficient (Wildman–Crippen LogP) is 2.49. The van der Waals surface area contributed by atoms with E-state index in [1.807, 2.05) is 32.9 Å². The van der Waals surface area contributed by atoms with E-state index in [2.05, 4.69) is 9.97 Å². The number of rotatable bonds is 2. The first-order chi connectivity index (χ1) is 8.06. The SMILES string of the molecule is Cc1cc(C)c(Oc2ccnc(=O)[nH]2)c(C)c1. The summed E-state index contributed by atoms with van der Waals surface area (Å²) < 4.78 is 5.68. The molecule has 0 aliphatic heterocycles. The molecule has 0 radical (unpaired) electrons. The molecule has 0 aliphatic rings. The fraction of sp³-hybridized carbons (Fsp3) is 0.231. The molecule has 1 N–H and O–H groups in total. The topological polar surface area (TPSA) is 55.0 Å². The number of aryl methyl sites for hydroxylation is 3. The third kappa shape index (κ3) is 2.53. The monoisotopic (exact) mass is 230 g/mol. The van der Waals surface area contributed by atoms with Crippen molar-refractivity contribution in [3.05, 3.63) is 51.6 Å². The van der Waals surface area contributed by atoms with Gasteiger partial charge >= 0.3 is 5.69 Å². The number of aromatic amines is 1. The van der Waals surface area contributed by atoms with E-state index in [0.29, 0.717) is 5.88 Å². The second-order valence-corrected chi connectivity index (χ2v) is 4.07. The molecule has 0 fully saturated rings. The molecular weight excluding hydrogens is 216 g/mol. The molecule has 88 valence electrons. The molecule has 0 saturated carbocycles. The quantitative estimate of drug-likeness (QED) is 0.862. The Hall–Kier alpha value is -2.10. The highest BCUT2D eigenvalue weighted by Crippen LogP contribution is 2.28. The van der Waals surface area contributed by atoms with Gasteiger partial charge in [-0.2, -0.15) is 0 Å². The van der Waals surface area contributed by atoms with Crippen LogP contribution in [0.15, 0.2) is 29.2 Å². The number of nitrogens with one attached hydrogen (secondary N) is 1. The maximum atomic E-state index is 11.1. The Bertz CT molecular complexity index is 579. The van der Waals surface area contributed by atoms with Crippen molar-refractivity contribution < 1.29 is 4.74 Å². The highest BCUT2D eigenvalue weighted by Gasteiger charge is 2.06. The molecule has 17 heavy (non-hydrogen) atoms. The van der Waals surface area contributed by atoms with Crippen molar-refractivity contribution in [1.82, 2.24) is 9.97 Å². The van der Waals surface area contributed by atoms with Crippen LogP contribution in [0.3, 0.4) is 0 Å². The van der Waals surface area contributed by atoms with E-state index in [1.165, 1.54) is 11.8 Å². The minimum atomic E-state index is -0.412. The highest BCUT2D eigenvalue weighted by atomic mass is 16.5. The number of ether oxygens (including phenoxy) is 1. The van der Waals surface area contributed by atoms with Crippen LogP contribution in [0.4, 0.5) is 0 Å². The molecule has 2 aromatic rings. The Labute approximate surface area is 99.3 Å². The van der Waals surface area contributed by atoms with Crippen molar-refractivity contribution in [1.29, 1.82) is 0 Å². The minimum Gasteiger partial charge on any atom is -0.440 e. The third-order valence-corrected chi connectivity index (χ3v) is 2.46. The van der Waals surface area contributed by atoms with E-state index in [9.17, 15) is 4.79 Å². The van der Waals surface area contributed by atoms with Crippen LogP contribution in [0.5, 0.6) is 11.6 Å². The zero-order chi connectivity index (χ0) is 12.4. The van der Waals surface area contributed by atoms with Crippen LogP contribution in [0.25, 0.3) is 0 Å². The van der Waals surface area contributed by atoms with Crippen molar-refractivity contribution in [3.63, 3.8) is 0 Å². The van der Waals surface area contributed by atoms with E-state index in [4.69, 9.17) is 4.74 Å². The van der Waals surface area contributed by atoms with Crippen LogP contribution in [-0.4, -0.2) is 9.97 Å². The van der Waals surface area contributed by atoms with Gasteiger partial charge < -0.3 is 4.74 Å². The van der Waals surface area contributed by atoms with Gasteiger partial charge in [-0.15, -0.1) is 0 Å². The molecule has 4 nitrogen and oxygen atoms in total. The third-order valence-electron chi connectivity index (χ3n) is 2.46. The number of H-pyrrole nitrogens is 1. The highest BCUT2D eigenvalue weighted by molar-refractivity contribution is 5.44. The summed E-state index contributed by atoms with van der Waals surface area (Å²) in [5.41, 5.74) is 2.86. The molecule has 0 amide bonds. The van der Waals surface area contributed by atoms with Crippen LogP contribution in [-0.2, 0) is 0 Å². The van der Waals surface area contributed by atoms with Gasteiger partial charge in [0.15, 0.2) is 0 Å². The molecule has 0 unspecified atom stereocenters. The van der Waals surface area contributed by atoms with Crippen LogP contribution in [0.1, 0.15) is 16.7 Å². The van der Waals surface area contributed by atoms with Crippen molar-refractivity contribution >= 4 is 0 Å². The largest absolute Gasteiger partial charge is 0.440 e. The lowest BCUT2D eigenvalue weighted by molar-refractivity contribution is 0.452. The van der Waals surface area contributed by atoms with Crippen molar-refractivity contribution in [2.45, 2.75) is 20.8 Å². The van der Waals surface area contributed by atoms with Gasteiger partial charge in [0.05, 0.1) is 0 Å². The van der Waals surface area contributed by atoms with Gasteiger partial charge in [0.1, 0.15) is 5.75 Å². The molecule has 2 rings (SSSR count). The molecule has 1 aromatic heterocycles. The van der Waals surface area contributed by atoms with Gasteiger partial charge in [-0.25, -0.2) is 9.78 Å². The summed E-state index contributed by atoms with van der Waals surface area (Å²) in [6.07, 6.45) is 1.42. The van der Waals surface area contributed by atoms with Gasteiger partial charge in [0, 0.05) is 12.3 Å². The minimum absolute atomic E-state index is 0.403. The number of nitrogens with zero attached hydrogens (tertiary/aromatic N) is 1. The summed E-state index contributed by atoms with van der Waals surface area (Å²) in [5, 5.41) is 0. The Morgan fingerprint density at radius 2 is 1.82 bits per heavy atom. The zero-order valence-electron chi connectivity index (χ0n) is 10.1. The number of benzene rings is 1. The van der Waals surface area contributed by atoms with Crippen molar-refractivity contribution in [2.24, 2.45) is 0 Å². The fourth-order valence-electron chi connectivity index (χ4n) is 1.85. The van der Waals surface area contributed by atoms with Crippen molar-refractivity contribution in [3.8, 4) is 11.6 Å². The van der Waals surface area contributed by atoms with E-state index in [1.54, 1.807) is 6.07 Å². The number of hydrogen-bond donors (Lipinski definition) is 1. The molecule has 0 atom stereocenters. The lowest BCUT2D eigenvalue weighted by Gasteiger charge is -2.11. The Kier molecular flexibility index (Phi) is 2.95. The Balaban J connectivity index is 2.40. The van der Waals surface area contributed by atoms with E-state index in [-0.39, 0.29) is 0 Å². The molecule has 1 heterocycles. The summed E-state index contributed by atoms with van der Waals surface area (Å²) >= 11 is 0. The smallest absolute Gasteiger partial charge is 0.347 e. The fourth-order valence-corrected chi connectivity index (χ4v) is 1.85. The summed E-state index contributed by atoms with van der Waals surface area (Å²) in [7, 11) is 0. The maximum absolute atomic E-state index is 11.1. The lowest BCUT2D eigenvalue weighted by atomic mass is 10.1. The predicted molar refractivity (Wildman–Crippen MR) is 65.6 cm³/mol.